The summed E-state index contributed by atoms with van der Waals surface area (Å²) in [5.41, 5.74) is 3.43. The zero-order chi connectivity index (χ0) is 19.7. The van der Waals surface area contributed by atoms with E-state index in [2.05, 4.69) is 22.0 Å². The molecule has 2 aliphatic rings. The number of hydrogen-bond donors (Lipinski definition) is 3. The summed E-state index contributed by atoms with van der Waals surface area (Å²) in [7, 11) is 1.48. The van der Waals surface area contributed by atoms with Crippen LogP contribution in [0.15, 0.2) is 35.3 Å². The number of carbonyl (C=O) groups is 2. The Labute approximate surface area is 163 Å². The molecule has 1 aliphatic carbocycles. The van der Waals surface area contributed by atoms with Crippen LogP contribution in [0.5, 0.6) is 0 Å². The maximum Gasteiger partial charge on any atom is 0.263 e. The first kappa shape index (κ1) is 18.4. The molecule has 0 spiro atoms. The second kappa shape index (κ2) is 7.59. The molecule has 7 heteroatoms. The van der Waals surface area contributed by atoms with E-state index in [1.54, 1.807) is 6.20 Å². The predicted molar refractivity (Wildman–Crippen MR) is 106 cm³/mol. The third-order valence-electron chi connectivity index (χ3n) is 5.31. The second-order valence-corrected chi connectivity index (χ2v) is 7.38. The number of benzene rings is 1. The van der Waals surface area contributed by atoms with Gasteiger partial charge in [-0.1, -0.05) is 18.2 Å². The molecule has 1 aromatic carbocycles. The van der Waals surface area contributed by atoms with Gasteiger partial charge in [-0.3, -0.25) is 14.4 Å². The maximum atomic E-state index is 12.9. The third-order valence-corrected chi connectivity index (χ3v) is 5.31. The Balaban J connectivity index is 1.74. The molecule has 0 radical (unpaired) electrons. The molecule has 0 bridgehead atoms. The van der Waals surface area contributed by atoms with Crippen LogP contribution in [0.1, 0.15) is 50.2 Å². The number of amides is 2. The fraction of sp³-hybridized carbons (Fsp3) is 0.381. The third kappa shape index (κ3) is 3.71. The van der Waals surface area contributed by atoms with Crippen LogP contribution in [0.4, 0.5) is 0 Å². The van der Waals surface area contributed by atoms with E-state index in [-0.39, 0.29) is 17.5 Å². The molecule has 3 N–H and O–H groups in total. The summed E-state index contributed by atoms with van der Waals surface area (Å²) >= 11 is 0. The number of carbonyl (C=O) groups excluding carboxylic acids is 2. The van der Waals surface area contributed by atoms with Gasteiger partial charge in [-0.15, -0.1) is 0 Å². The molecule has 1 saturated carbocycles. The van der Waals surface area contributed by atoms with Gasteiger partial charge in [0.25, 0.3) is 17.4 Å². The largest absolute Gasteiger partial charge is 0.355 e. The molecule has 0 unspecified atom stereocenters. The monoisotopic (exact) mass is 380 g/mol. The van der Waals surface area contributed by atoms with Crippen molar-refractivity contribution in [1.82, 2.24) is 20.5 Å². The molecule has 1 aromatic heterocycles. The van der Waals surface area contributed by atoms with Crippen molar-refractivity contribution in [3.8, 4) is 0 Å². The van der Waals surface area contributed by atoms with E-state index in [1.807, 2.05) is 12.1 Å². The Morgan fingerprint density at radius 3 is 2.82 bits per heavy atom. The second-order valence-electron chi connectivity index (χ2n) is 7.38. The molecule has 2 amide bonds. The molecule has 2 heterocycles. The van der Waals surface area contributed by atoms with Crippen LogP contribution in [-0.2, 0) is 19.5 Å². The van der Waals surface area contributed by atoms with Crippen molar-refractivity contribution in [1.29, 1.82) is 0 Å². The van der Waals surface area contributed by atoms with E-state index in [1.165, 1.54) is 28.8 Å². The topological polar surface area (TPSA) is 92.2 Å². The number of pyridine rings is 1. The molecule has 146 valence electrons. The zero-order valence-electron chi connectivity index (χ0n) is 15.9. The standard InChI is InChI=1S/C21H24N4O3/c1-22-20(27)18-9-15(19(26)24-16-5-6-16)12-25(21(18)28)11-14-4-2-3-13-10-23-8-7-17(13)14/h2-4,9,12,16,23H,5-8,10-11H2,1H3,(H,22,27)(H,24,26). The summed E-state index contributed by atoms with van der Waals surface area (Å²) in [5.74, 6) is -0.736. The Hall–Kier alpha value is -2.93. The minimum Gasteiger partial charge on any atom is -0.355 e. The van der Waals surface area contributed by atoms with Crippen molar-refractivity contribution >= 4 is 11.8 Å². The number of nitrogens with one attached hydrogen (secondary N) is 3. The summed E-state index contributed by atoms with van der Waals surface area (Å²) in [6.45, 7) is 2.04. The molecule has 1 fully saturated rings. The summed E-state index contributed by atoms with van der Waals surface area (Å²) in [6, 6.07) is 7.66. The Kier molecular flexibility index (Phi) is 5.00. The van der Waals surface area contributed by atoms with Gasteiger partial charge in [0.05, 0.1) is 12.1 Å². The summed E-state index contributed by atoms with van der Waals surface area (Å²) in [5, 5.41) is 8.76. The van der Waals surface area contributed by atoms with Crippen LogP contribution < -0.4 is 21.5 Å². The average molecular weight is 380 g/mol. The van der Waals surface area contributed by atoms with Crippen molar-refractivity contribution in [2.45, 2.75) is 38.4 Å². The quantitative estimate of drug-likeness (QED) is 0.715. The maximum absolute atomic E-state index is 12.9. The van der Waals surface area contributed by atoms with Gasteiger partial charge in [0, 0.05) is 25.8 Å². The average Bonchev–Trinajstić information content (AvgIpc) is 3.53. The van der Waals surface area contributed by atoms with E-state index in [4.69, 9.17) is 0 Å². The van der Waals surface area contributed by atoms with Crippen LogP contribution in [0.25, 0.3) is 0 Å². The van der Waals surface area contributed by atoms with Crippen molar-refractivity contribution in [3.63, 3.8) is 0 Å². The predicted octanol–water partition coefficient (Wildman–Crippen LogP) is 0.794. The van der Waals surface area contributed by atoms with Gasteiger partial charge in [-0.2, -0.15) is 0 Å². The number of hydrogen-bond acceptors (Lipinski definition) is 4. The van der Waals surface area contributed by atoms with E-state index in [9.17, 15) is 14.4 Å². The number of rotatable bonds is 5. The Morgan fingerprint density at radius 1 is 1.25 bits per heavy atom. The smallest absolute Gasteiger partial charge is 0.263 e. The summed E-state index contributed by atoms with van der Waals surface area (Å²) in [4.78, 5) is 37.7. The van der Waals surface area contributed by atoms with Crippen molar-refractivity contribution in [2.24, 2.45) is 0 Å². The highest BCUT2D eigenvalue weighted by Crippen LogP contribution is 2.21. The molecule has 0 atom stereocenters. The first-order chi connectivity index (χ1) is 13.6. The zero-order valence-corrected chi connectivity index (χ0v) is 15.9. The van der Waals surface area contributed by atoms with Gasteiger partial charge in [0.1, 0.15) is 5.56 Å². The van der Waals surface area contributed by atoms with Gasteiger partial charge in [0.2, 0.25) is 0 Å². The number of aromatic nitrogens is 1. The lowest BCUT2D eigenvalue weighted by molar-refractivity contribution is 0.0950. The van der Waals surface area contributed by atoms with Crippen LogP contribution >= 0.6 is 0 Å². The minimum absolute atomic E-state index is 0.0163. The van der Waals surface area contributed by atoms with Crippen molar-refractivity contribution < 1.29 is 9.59 Å². The van der Waals surface area contributed by atoms with Gasteiger partial charge in [0.15, 0.2) is 0 Å². The highest BCUT2D eigenvalue weighted by molar-refractivity contribution is 5.99. The van der Waals surface area contributed by atoms with Crippen LogP contribution in [0.2, 0.25) is 0 Å². The lowest BCUT2D eigenvalue weighted by atomic mass is 9.95. The van der Waals surface area contributed by atoms with Crippen LogP contribution in [0.3, 0.4) is 0 Å². The minimum atomic E-state index is -0.487. The molecular formula is C21H24N4O3. The molecule has 4 rings (SSSR count). The summed E-state index contributed by atoms with van der Waals surface area (Å²) in [6.07, 6.45) is 4.40. The van der Waals surface area contributed by atoms with E-state index in [0.29, 0.717) is 12.1 Å². The molecule has 28 heavy (non-hydrogen) atoms. The molecule has 1 aliphatic heterocycles. The summed E-state index contributed by atoms with van der Waals surface area (Å²) < 4.78 is 1.48. The van der Waals surface area contributed by atoms with Crippen molar-refractivity contribution in [3.05, 3.63) is 68.6 Å². The van der Waals surface area contributed by atoms with E-state index < -0.39 is 11.5 Å². The van der Waals surface area contributed by atoms with Crippen molar-refractivity contribution in [2.75, 3.05) is 13.6 Å². The van der Waals surface area contributed by atoms with Crippen LogP contribution in [0, 0.1) is 0 Å². The number of fused-ring (bicyclic) bond motifs is 1. The molecular weight excluding hydrogens is 356 g/mol. The van der Waals surface area contributed by atoms with Gasteiger partial charge >= 0.3 is 0 Å². The fourth-order valence-electron chi connectivity index (χ4n) is 3.61. The first-order valence-electron chi connectivity index (χ1n) is 9.64. The van der Waals surface area contributed by atoms with E-state index >= 15 is 0 Å². The first-order valence-corrected chi connectivity index (χ1v) is 9.64. The van der Waals surface area contributed by atoms with Crippen LogP contribution in [-0.4, -0.2) is 36.0 Å². The van der Waals surface area contributed by atoms with E-state index in [0.717, 1.165) is 37.9 Å². The number of nitrogens with zero attached hydrogens (tertiary/aromatic N) is 1. The SMILES string of the molecule is CNC(=O)c1cc(C(=O)NC2CC2)cn(Cc2cccc3c2CCNC3)c1=O. The van der Waals surface area contributed by atoms with Gasteiger partial charge in [-0.25, -0.2) is 0 Å². The normalized spacial score (nSPS) is 15.6. The fourth-order valence-corrected chi connectivity index (χ4v) is 3.61. The Bertz CT molecular complexity index is 992. The molecule has 7 nitrogen and oxygen atoms in total. The highest BCUT2D eigenvalue weighted by Gasteiger charge is 2.25. The van der Waals surface area contributed by atoms with Gasteiger partial charge < -0.3 is 20.5 Å². The lowest BCUT2D eigenvalue weighted by Gasteiger charge is -2.21. The Morgan fingerprint density at radius 2 is 2.07 bits per heavy atom. The molecule has 0 saturated heterocycles. The molecule has 2 aromatic rings. The van der Waals surface area contributed by atoms with Gasteiger partial charge in [-0.05, 0) is 48.6 Å². The highest BCUT2D eigenvalue weighted by atomic mass is 16.2. The lowest BCUT2D eigenvalue weighted by Crippen LogP contribution is -2.34.